The Kier molecular flexibility index (Phi) is 3.55. The van der Waals surface area contributed by atoms with Gasteiger partial charge in [0.05, 0.1) is 19.1 Å². The van der Waals surface area contributed by atoms with Crippen molar-refractivity contribution in [2.24, 2.45) is 0 Å². The number of alkyl halides is 1. The summed E-state index contributed by atoms with van der Waals surface area (Å²) in [6.45, 7) is 1.54. The molecule has 0 aromatic carbocycles. The second kappa shape index (κ2) is 4.91. The van der Waals surface area contributed by atoms with Crippen LogP contribution in [0, 0.1) is 0 Å². The number of rotatable bonds is 3. The number of halogens is 1. The molecule has 4 nitrogen and oxygen atoms in total. The minimum atomic E-state index is 0.222. The van der Waals surface area contributed by atoms with Crippen LogP contribution in [0.5, 0.6) is 5.19 Å². The monoisotopic (exact) mass is 234 g/mol. The van der Waals surface area contributed by atoms with Crippen molar-refractivity contribution in [1.82, 2.24) is 10.2 Å². The number of aromatic nitrogens is 2. The highest BCUT2D eigenvalue weighted by Gasteiger charge is 2.17. The first kappa shape index (κ1) is 10.1. The summed E-state index contributed by atoms with van der Waals surface area (Å²) in [5.41, 5.74) is 0. The van der Waals surface area contributed by atoms with Gasteiger partial charge in [0, 0.05) is 12.8 Å². The summed E-state index contributed by atoms with van der Waals surface area (Å²) in [4.78, 5) is 0. The van der Waals surface area contributed by atoms with E-state index in [0.29, 0.717) is 11.1 Å². The van der Waals surface area contributed by atoms with E-state index in [-0.39, 0.29) is 6.10 Å². The summed E-state index contributed by atoms with van der Waals surface area (Å²) in [7, 11) is 0. The number of ether oxygens (including phenoxy) is 2. The molecule has 0 amide bonds. The van der Waals surface area contributed by atoms with Gasteiger partial charge in [-0.15, -0.1) is 21.8 Å². The molecule has 0 radical (unpaired) electrons. The molecule has 0 unspecified atom stereocenters. The Hall–Kier alpha value is -0.390. The number of hydrogen-bond acceptors (Lipinski definition) is 5. The van der Waals surface area contributed by atoms with E-state index >= 15 is 0 Å². The van der Waals surface area contributed by atoms with E-state index in [4.69, 9.17) is 21.1 Å². The molecule has 6 heteroatoms. The molecule has 1 aliphatic rings. The lowest BCUT2D eigenvalue weighted by Gasteiger charge is -2.21. The Morgan fingerprint density at radius 2 is 2.21 bits per heavy atom. The van der Waals surface area contributed by atoms with Crippen LogP contribution >= 0.6 is 22.9 Å². The van der Waals surface area contributed by atoms with Crippen LogP contribution in [0.3, 0.4) is 0 Å². The van der Waals surface area contributed by atoms with Crippen molar-refractivity contribution in [3.8, 4) is 5.19 Å². The predicted octanol–water partition coefficient (Wildman–Crippen LogP) is 1.83. The SMILES string of the molecule is ClCc1nnc(OC2CCOCC2)s1. The molecule has 1 saturated heterocycles. The van der Waals surface area contributed by atoms with Gasteiger partial charge in [-0.1, -0.05) is 11.3 Å². The van der Waals surface area contributed by atoms with Gasteiger partial charge in [-0.3, -0.25) is 0 Å². The van der Waals surface area contributed by atoms with Crippen LogP contribution < -0.4 is 4.74 Å². The van der Waals surface area contributed by atoms with Gasteiger partial charge in [-0.2, -0.15) is 0 Å². The van der Waals surface area contributed by atoms with Crippen LogP contribution in [0.1, 0.15) is 17.8 Å². The molecule has 1 aliphatic heterocycles. The second-order valence-electron chi connectivity index (χ2n) is 3.02. The summed E-state index contributed by atoms with van der Waals surface area (Å²) >= 11 is 7.02. The van der Waals surface area contributed by atoms with Crippen LogP contribution in [0.15, 0.2) is 0 Å². The largest absolute Gasteiger partial charge is 0.465 e. The third-order valence-corrected chi connectivity index (χ3v) is 3.22. The summed E-state index contributed by atoms with van der Waals surface area (Å²) in [5, 5.41) is 9.20. The maximum atomic E-state index is 5.64. The fourth-order valence-corrected chi connectivity index (χ4v) is 2.10. The van der Waals surface area contributed by atoms with Gasteiger partial charge in [0.2, 0.25) is 0 Å². The van der Waals surface area contributed by atoms with Gasteiger partial charge < -0.3 is 9.47 Å². The Balaban J connectivity index is 1.89. The molecule has 0 bridgehead atoms. The average Bonchev–Trinajstić information content (AvgIpc) is 2.67. The lowest BCUT2D eigenvalue weighted by atomic mass is 10.2. The Morgan fingerprint density at radius 1 is 1.43 bits per heavy atom. The van der Waals surface area contributed by atoms with Crippen molar-refractivity contribution in [2.75, 3.05) is 13.2 Å². The summed E-state index contributed by atoms with van der Waals surface area (Å²) in [6.07, 6.45) is 2.07. The zero-order valence-electron chi connectivity index (χ0n) is 7.61. The highest BCUT2D eigenvalue weighted by molar-refractivity contribution is 7.13. The van der Waals surface area contributed by atoms with Gasteiger partial charge in [-0.05, 0) is 0 Å². The van der Waals surface area contributed by atoms with Crippen molar-refractivity contribution in [2.45, 2.75) is 24.8 Å². The Labute approximate surface area is 91.2 Å². The number of nitrogens with zero attached hydrogens (tertiary/aromatic N) is 2. The van der Waals surface area contributed by atoms with Crippen molar-refractivity contribution < 1.29 is 9.47 Å². The van der Waals surface area contributed by atoms with Crippen LogP contribution in [-0.4, -0.2) is 29.5 Å². The highest BCUT2D eigenvalue weighted by atomic mass is 35.5. The minimum Gasteiger partial charge on any atom is -0.465 e. The zero-order chi connectivity index (χ0) is 9.80. The highest BCUT2D eigenvalue weighted by Crippen LogP contribution is 2.22. The molecule has 0 saturated carbocycles. The van der Waals surface area contributed by atoms with Crippen LogP contribution in [0.2, 0.25) is 0 Å². The van der Waals surface area contributed by atoms with Crippen molar-refractivity contribution >= 4 is 22.9 Å². The molecule has 14 heavy (non-hydrogen) atoms. The Bertz CT molecular complexity index is 289. The molecule has 0 atom stereocenters. The second-order valence-corrected chi connectivity index (χ2v) is 4.32. The maximum absolute atomic E-state index is 5.64. The fourth-order valence-electron chi connectivity index (χ4n) is 1.28. The van der Waals surface area contributed by atoms with E-state index in [0.717, 1.165) is 31.1 Å². The molecule has 1 aromatic heterocycles. The topological polar surface area (TPSA) is 44.2 Å². The van der Waals surface area contributed by atoms with Gasteiger partial charge in [0.25, 0.3) is 5.19 Å². The first-order chi connectivity index (χ1) is 6.88. The van der Waals surface area contributed by atoms with E-state index in [1.165, 1.54) is 11.3 Å². The maximum Gasteiger partial charge on any atom is 0.294 e. The first-order valence-electron chi connectivity index (χ1n) is 4.51. The van der Waals surface area contributed by atoms with Gasteiger partial charge in [-0.25, -0.2) is 0 Å². The summed E-state index contributed by atoms with van der Waals surface area (Å²) in [6, 6.07) is 0. The van der Waals surface area contributed by atoms with Crippen LogP contribution in [-0.2, 0) is 10.6 Å². The van der Waals surface area contributed by atoms with E-state index in [2.05, 4.69) is 10.2 Å². The molecule has 1 fully saturated rings. The van der Waals surface area contributed by atoms with E-state index < -0.39 is 0 Å². The van der Waals surface area contributed by atoms with Crippen LogP contribution in [0.25, 0.3) is 0 Å². The van der Waals surface area contributed by atoms with Gasteiger partial charge >= 0.3 is 0 Å². The number of hydrogen-bond donors (Lipinski definition) is 0. The van der Waals surface area contributed by atoms with Crippen molar-refractivity contribution in [1.29, 1.82) is 0 Å². The molecule has 0 N–H and O–H groups in total. The predicted molar refractivity (Wildman–Crippen MR) is 53.9 cm³/mol. The van der Waals surface area contributed by atoms with Crippen LogP contribution in [0.4, 0.5) is 0 Å². The third-order valence-electron chi connectivity index (χ3n) is 2.00. The minimum absolute atomic E-state index is 0.222. The lowest BCUT2D eigenvalue weighted by Crippen LogP contribution is -2.25. The lowest BCUT2D eigenvalue weighted by molar-refractivity contribution is 0.0252. The quantitative estimate of drug-likeness (QED) is 0.749. The molecular formula is C8H11ClN2O2S. The summed E-state index contributed by atoms with van der Waals surface area (Å²) in [5.74, 6) is 0.398. The molecule has 0 spiro atoms. The van der Waals surface area contributed by atoms with Gasteiger partial charge in [0.1, 0.15) is 11.1 Å². The molecule has 2 heterocycles. The molecular weight excluding hydrogens is 224 g/mol. The van der Waals surface area contributed by atoms with Gasteiger partial charge in [0.15, 0.2) is 0 Å². The van der Waals surface area contributed by atoms with E-state index in [1.807, 2.05) is 0 Å². The summed E-state index contributed by atoms with van der Waals surface area (Å²) < 4.78 is 10.9. The Morgan fingerprint density at radius 3 is 2.86 bits per heavy atom. The normalized spacial score (nSPS) is 18.4. The molecule has 2 rings (SSSR count). The van der Waals surface area contributed by atoms with Crippen molar-refractivity contribution in [3.63, 3.8) is 0 Å². The van der Waals surface area contributed by atoms with E-state index in [9.17, 15) is 0 Å². The smallest absolute Gasteiger partial charge is 0.294 e. The van der Waals surface area contributed by atoms with Crippen molar-refractivity contribution in [3.05, 3.63) is 5.01 Å². The standard InChI is InChI=1S/C8H11ClN2O2S/c9-5-7-10-11-8(14-7)13-6-1-3-12-4-2-6/h6H,1-5H2. The van der Waals surface area contributed by atoms with E-state index in [1.54, 1.807) is 0 Å². The fraction of sp³-hybridized carbons (Fsp3) is 0.750. The third kappa shape index (κ3) is 2.56. The molecule has 0 aliphatic carbocycles. The average molecular weight is 235 g/mol. The first-order valence-corrected chi connectivity index (χ1v) is 5.86. The molecule has 1 aromatic rings. The zero-order valence-corrected chi connectivity index (χ0v) is 9.18. The molecule has 78 valence electrons.